The molecule has 0 fully saturated rings. The van der Waals surface area contributed by atoms with Crippen LogP contribution in [0.5, 0.6) is 17.2 Å². The molecular weight excluding hydrogens is 304 g/mol. The first-order valence-electron chi connectivity index (χ1n) is 6.67. The van der Waals surface area contributed by atoms with Crippen LogP contribution in [0.25, 0.3) is 0 Å². The third-order valence-corrected chi connectivity index (χ3v) is 3.85. The van der Waals surface area contributed by atoms with Gasteiger partial charge >= 0.3 is 5.97 Å². The van der Waals surface area contributed by atoms with E-state index in [0.29, 0.717) is 22.3 Å². The van der Waals surface area contributed by atoms with Crippen LogP contribution in [0.4, 0.5) is 0 Å². The smallest absolute Gasteiger partial charge is 0.351 e. The number of rotatable bonds is 4. The lowest BCUT2D eigenvalue weighted by Crippen LogP contribution is -2.12. The maximum atomic E-state index is 12.5. The molecule has 0 aromatic heterocycles. The van der Waals surface area contributed by atoms with Gasteiger partial charge in [-0.15, -0.1) is 0 Å². The standard InChI is InChI=1S/C17H17ClO4/c1-10-8-12(9-11(2)16(10)18)22-17(19)15-13(20-3)6-5-7-14(15)21-4/h5-9H,1-4H3. The number of esters is 1. The van der Waals surface area contributed by atoms with Gasteiger partial charge in [0.05, 0.1) is 14.2 Å². The molecule has 0 saturated carbocycles. The van der Waals surface area contributed by atoms with Crippen molar-refractivity contribution >= 4 is 17.6 Å². The lowest BCUT2D eigenvalue weighted by molar-refractivity contribution is 0.0727. The molecule has 0 heterocycles. The molecule has 0 radical (unpaired) electrons. The molecule has 0 bridgehead atoms. The Morgan fingerprint density at radius 2 is 1.50 bits per heavy atom. The van der Waals surface area contributed by atoms with E-state index in [1.807, 2.05) is 13.8 Å². The van der Waals surface area contributed by atoms with E-state index in [1.54, 1.807) is 30.3 Å². The summed E-state index contributed by atoms with van der Waals surface area (Å²) in [6, 6.07) is 8.53. The van der Waals surface area contributed by atoms with Crippen molar-refractivity contribution in [2.45, 2.75) is 13.8 Å². The van der Waals surface area contributed by atoms with E-state index in [1.165, 1.54) is 14.2 Å². The first-order chi connectivity index (χ1) is 10.5. The minimum absolute atomic E-state index is 0.248. The van der Waals surface area contributed by atoms with Crippen LogP contribution in [0, 0.1) is 13.8 Å². The topological polar surface area (TPSA) is 44.8 Å². The van der Waals surface area contributed by atoms with Crippen molar-refractivity contribution in [1.82, 2.24) is 0 Å². The summed E-state index contributed by atoms with van der Waals surface area (Å²) in [6.45, 7) is 3.71. The molecule has 0 saturated heterocycles. The van der Waals surface area contributed by atoms with E-state index in [0.717, 1.165) is 11.1 Å². The number of hydrogen-bond donors (Lipinski definition) is 0. The second kappa shape index (κ2) is 6.71. The number of carbonyl (C=O) groups is 1. The molecule has 0 spiro atoms. The van der Waals surface area contributed by atoms with E-state index in [9.17, 15) is 4.79 Å². The van der Waals surface area contributed by atoms with Crippen LogP contribution in [0.1, 0.15) is 21.5 Å². The van der Waals surface area contributed by atoms with Crippen LogP contribution < -0.4 is 14.2 Å². The predicted molar refractivity (Wildman–Crippen MR) is 85.4 cm³/mol. The summed E-state index contributed by atoms with van der Waals surface area (Å²) >= 11 is 6.12. The van der Waals surface area contributed by atoms with Crippen molar-refractivity contribution < 1.29 is 19.0 Å². The summed E-state index contributed by atoms with van der Waals surface area (Å²) in [5.74, 6) is 0.672. The molecule has 116 valence electrons. The van der Waals surface area contributed by atoms with Gasteiger partial charge in [0, 0.05) is 5.02 Å². The zero-order chi connectivity index (χ0) is 16.3. The highest BCUT2D eigenvalue weighted by Crippen LogP contribution is 2.31. The predicted octanol–water partition coefficient (Wildman–Crippen LogP) is 4.19. The van der Waals surface area contributed by atoms with Gasteiger partial charge in [0.25, 0.3) is 0 Å². The lowest BCUT2D eigenvalue weighted by atomic mass is 10.1. The summed E-state index contributed by atoms with van der Waals surface area (Å²) in [4.78, 5) is 12.5. The fourth-order valence-corrected chi connectivity index (χ4v) is 2.28. The zero-order valence-corrected chi connectivity index (χ0v) is 13.7. The number of carbonyl (C=O) groups excluding carboxylic acids is 1. The third-order valence-electron chi connectivity index (χ3n) is 3.25. The van der Waals surface area contributed by atoms with Gasteiger partial charge in [0.2, 0.25) is 0 Å². The Morgan fingerprint density at radius 3 is 1.95 bits per heavy atom. The van der Waals surface area contributed by atoms with Crippen LogP contribution in [-0.4, -0.2) is 20.2 Å². The molecule has 22 heavy (non-hydrogen) atoms. The van der Waals surface area contributed by atoms with Gasteiger partial charge in [0.1, 0.15) is 22.8 Å². The Kier molecular flexibility index (Phi) is 4.93. The van der Waals surface area contributed by atoms with E-state index < -0.39 is 5.97 Å². The molecule has 4 nitrogen and oxygen atoms in total. The highest BCUT2D eigenvalue weighted by atomic mass is 35.5. The minimum atomic E-state index is -0.546. The van der Waals surface area contributed by atoms with E-state index in [-0.39, 0.29) is 5.56 Å². The Labute approximate surface area is 134 Å². The third kappa shape index (κ3) is 3.17. The van der Waals surface area contributed by atoms with E-state index >= 15 is 0 Å². The lowest BCUT2D eigenvalue weighted by Gasteiger charge is -2.13. The Bertz CT molecular complexity index is 665. The molecule has 0 unspecified atom stereocenters. The summed E-state index contributed by atoms with van der Waals surface area (Å²) < 4.78 is 15.9. The molecule has 2 aromatic carbocycles. The van der Waals surface area contributed by atoms with Gasteiger partial charge in [-0.1, -0.05) is 17.7 Å². The van der Waals surface area contributed by atoms with Gasteiger partial charge in [0.15, 0.2) is 0 Å². The molecule has 2 rings (SSSR count). The van der Waals surface area contributed by atoms with Crippen LogP contribution in [0.2, 0.25) is 5.02 Å². The largest absolute Gasteiger partial charge is 0.496 e. The highest BCUT2D eigenvalue weighted by Gasteiger charge is 2.20. The van der Waals surface area contributed by atoms with Crippen molar-refractivity contribution in [3.8, 4) is 17.2 Å². The van der Waals surface area contributed by atoms with Crippen LogP contribution in [0.15, 0.2) is 30.3 Å². The molecule has 0 N–H and O–H groups in total. The molecule has 0 atom stereocenters. The molecule has 0 aliphatic rings. The molecular formula is C17H17ClO4. The van der Waals surface area contributed by atoms with Crippen molar-refractivity contribution in [3.63, 3.8) is 0 Å². The molecule has 0 amide bonds. The van der Waals surface area contributed by atoms with Crippen LogP contribution >= 0.6 is 11.6 Å². The fourth-order valence-electron chi connectivity index (χ4n) is 2.18. The summed E-state index contributed by atoms with van der Waals surface area (Å²) in [5, 5.41) is 0.662. The number of halogens is 1. The number of benzene rings is 2. The van der Waals surface area contributed by atoms with E-state index in [2.05, 4.69) is 0 Å². The normalized spacial score (nSPS) is 10.2. The minimum Gasteiger partial charge on any atom is -0.496 e. The summed E-state index contributed by atoms with van der Waals surface area (Å²) in [5.41, 5.74) is 1.94. The highest BCUT2D eigenvalue weighted by molar-refractivity contribution is 6.32. The number of hydrogen-bond acceptors (Lipinski definition) is 4. The van der Waals surface area contributed by atoms with Gasteiger partial charge in [-0.05, 0) is 49.2 Å². The van der Waals surface area contributed by atoms with Crippen molar-refractivity contribution in [2.75, 3.05) is 14.2 Å². The Morgan fingerprint density at radius 1 is 1.00 bits per heavy atom. The first-order valence-corrected chi connectivity index (χ1v) is 7.05. The monoisotopic (exact) mass is 320 g/mol. The molecule has 5 heteroatoms. The number of methoxy groups -OCH3 is 2. The van der Waals surface area contributed by atoms with Crippen molar-refractivity contribution in [1.29, 1.82) is 0 Å². The molecule has 0 aliphatic heterocycles. The van der Waals surface area contributed by atoms with Gasteiger partial charge in [-0.25, -0.2) is 4.79 Å². The maximum absolute atomic E-state index is 12.5. The molecule has 2 aromatic rings. The Balaban J connectivity index is 2.38. The number of aryl methyl sites for hydroxylation is 2. The maximum Gasteiger partial charge on any atom is 0.351 e. The fraction of sp³-hybridized carbons (Fsp3) is 0.235. The average Bonchev–Trinajstić information content (AvgIpc) is 2.51. The summed E-state index contributed by atoms with van der Waals surface area (Å²) in [6.07, 6.45) is 0. The zero-order valence-electron chi connectivity index (χ0n) is 12.9. The van der Waals surface area contributed by atoms with Gasteiger partial charge in [-0.3, -0.25) is 0 Å². The van der Waals surface area contributed by atoms with Crippen LogP contribution in [0.3, 0.4) is 0 Å². The quantitative estimate of drug-likeness (QED) is 0.626. The number of ether oxygens (including phenoxy) is 3. The first kappa shape index (κ1) is 16.2. The average molecular weight is 321 g/mol. The van der Waals surface area contributed by atoms with Gasteiger partial charge in [-0.2, -0.15) is 0 Å². The van der Waals surface area contributed by atoms with Crippen molar-refractivity contribution in [2.24, 2.45) is 0 Å². The SMILES string of the molecule is COc1cccc(OC)c1C(=O)Oc1cc(C)c(Cl)c(C)c1. The van der Waals surface area contributed by atoms with Gasteiger partial charge < -0.3 is 14.2 Å². The second-order valence-electron chi connectivity index (χ2n) is 4.80. The van der Waals surface area contributed by atoms with E-state index in [4.69, 9.17) is 25.8 Å². The Hall–Kier alpha value is -2.20. The van der Waals surface area contributed by atoms with Crippen LogP contribution in [-0.2, 0) is 0 Å². The summed E-state index contributed by atoms with van der Waals surface area (Å²) in [7, 11) is 2.98. The second-order valence-corrected chi connectivity index (χ2v) is 5.18. The molecule has 0 aliphatic carbocycles. The van der Waals surface area contributed by atoms with Crippen molar-refractivity contribution in [3.05, 3.63) is 52.0 Å².